The maximum atomic E-state index is 4.08. The van der Waals surface area contributed by atoms with E-state index in [4.69, 9.17) is 0 Å². The van der Waals surface area contributed by atoms with E-state index < -0.39 is 0 Å². The van der Waals surface area contributed by atoms with Crippen LogP contribution in [0.1, 0.15) is 19.0 Å². The van der Waals surface area contributed by atoms with Crippen LogP contribution in [0.15, 0.2) is 3.92 Å². The quantitative estimate of drug-likeness (QED) is 0.872. The summed E-state index contributed by atoms with van der Waals surface area (Å²) in [6.45, 7) is 2.12. The third-order valence-electron chi connectivity index (χ3n) is 1.64. The Balaban J connectivity index is 2.36. The highest BCUT2D eigenvalue weighted by Gasteiger charge is 2.13. The van der Waals surface area contributed by atoms with Crippen molar-refractivity contribution < 1.29 is 0 Å². The van der Waals surface area contributed by atoms with Crippen LogP contribution in [0.2, 0.25) is 0 Å². The van der Waals surface area contributed by atoms with Crippen LogP contribution in [-0.4, -0.2) is 19.8 Å². The number of nitrogens with zero attached hydrogens (tertiary/aromatic N) is 4. The highest BCUT2D eigenvalue weighted by Crippen LogP contribution is 2.31. The zero-order valence-electron chi connectivity index (χ0n) is 7.40. The molecule has 2 rings (SSSR count). The monoisotopic (exact) mass is 290 g/mol. The largest absolute Gasteiger partial charge is 0.183 e. The molecule has 2 aromatic rings. The Bertz CT molecular complexity index is 425. The zero-order chi connectivity index (χ0) is 9.97. The first-order valence-corrected chi connectivity index (χ1v) is 6.50. The Morgan fingerprint density at radius 3 is 2.79 bits per heavy atom. The van der Waals surface area contributed by atoms with Crippen LogP contribution in [0.4, 0.5) is 0 Å². The van der Waals surface area contributed by atoms with Gasteiger partial charge in [-0.3, -0.25) is 0 Å². The Morgan fingerprint density at radius 1 is 1.29 bits per heavy atom. The normalized spacial score (nSPS) is 10.7. The smallest absolute Gasteiger partial charge is 0.142 e. The number of aryl methyl sites for hydroxylation is 1. The minimum Gasteiger partial charge on any atom is -0.142 e. The van der Waals surface area contributed by atoms with E-state index >= 15 is 0 Å². The molecule has 0 aliphatic carbocycles. The summed E-state index contributed by atoms with van der Waals surface area (Å²) in [7, 11) is 0. The average molecular weight is 291 g/mol. The molecule has 0 aliphatic heterocycles. The fraction of sp³-hybridized carbons (Fsp3) is 0.429. The first-order chi connectivity index (χ1) is 6.81. The second kappa shape index (κ2) is 4.41. The number of hydrogen-bond acceptors (Lipinski definition) is 6. The van der Waals surface area contributed by atoms with E-state index in [1.165, 1.54) is 22.9 Å². The van der Waals surface area contributed by atoms with Crippen molar-refractivity contribution in [3.63, 3.8) is 0 Å². The van der Waals surface area contributed by atoms with Crippen LogP contribution in [0.25, 0.3) is 9.88 Å². The molecule has 0 bridgehead atoms. The second-order valence-electron chi connectivity index (χ2n) is 2.66. The summed E-state index contributed by atoms with van der Waals surface area (Å²) in [4.78, 5) is 1.05. The van der Waals surface area contributed by atoms with Crippen molar-refractivity contribution in [1.82, 2.24) is 19.8 Å². The fourth-order valence-electron chi connectivity index (χ4n) is 1.07. The van der Waals surface area contributed by atoms with Crippen LogP contribution in [0, 0.1) is 0 Å². The molecule has 14 heavy (non-hydrogen) atoms. The standard InChI is InChI=1S/C7H7BrN4S2/c1-2-3-4-5(14-12-9-4)6-10-11-7(8)13-6/h2-3H2,1H3. The molecule has 74 valence electrons. The molecule has 7 heteroatoms. The Hall–Kier alpha value is -0.400. The summed E-state index contributed by atoms with van der Waals surface area (Å²) in [6.07, 6.45) is 2.02. The van der Waals surface area contributed by atoms with E-state index in [-0.39, 0.29) is 0 Å². The highest BCUT2D eigenvalue weighted by molar-refractivity contribution is 9.11. The van der Waals surface area contributed by atoms with Gasteiger partial charge in [0, 0.05) is 0 Å². The van der Waals surface area contributed by atoms with Gasteiger partial charge in [0.1, 0.15) is 4.88 Å². The Morgan fingerprint density at radius 2 is 2.14 bits per heavy atom. The number of halogens is 1. The van der Waals surface area contributed by atoms with Crippen molar-refractivity contribution in [3.8, 4) is 9.88 Å². The summed E-state index contributed by atoms with van der Waals surface area (Å²) >= 11 is 6.18. The fourth-order valence-corrected chi connectivity index (χ4v) is 2.97. The molecule has 2 aromatic heterocycles. The van der Waals surface area contributed by atoms with E-state index in [2.05, 4.69) is 42.6 Å². The van der Waals surface area contributed by atoms with Crippen molar-refractivity contribution in [2.24, 2.45) is 0 Å². The lowest BCUT2D eigenvalue weighted by Gasteiger charge is -1.92. The van der Waals surface area contributed by atoms with Gasteiger partial charge in [0.2, 0.25) is 0 Å². The molecule has 0 fully saturated rings. The number of rotatable bonds is 3. The van der Waals surface area contributed by atoms with Crippen LogP contribution in [0.3, 0.4) is 0 Å². The van der Waals surface area contributed by atoms with Gasteiger partial charge in [0.15, 0.2) is 8.92 Å². The SMILES string of the molecule is CCCc1nnsc1-c1nnc(Br)s1. The molecule has 0 N–H and O–H groups in total. The molecule has 0 aromatic carbocycles. The van der Waals surface area contributed by atoms with Crippen molar-refractivity contribution >= 4 is 38.8 Å². The van der Waals surface area contributed by atoms with Gasteiger partial charge in [-0.2, -0.15) is 0 Å². The van der Waals surface area contributed by atoms with Gasteiger partial charge in [-0.1, -0.05) is 29.2 Å². The van der Waals surface area contributed by atoms with Crippen LogP contribution in [0.5, 0.6) is 0 Å². The minimum atomic E-state index is 0.795. The molecule has 0 saturated carbocycles. The molecule has 0 atom stereocenters. The number of aromatic nitrogens is 4. The summed E-state index contributed by atoms with van der Waals surface area (Å²) in [5.74, 6) is 0. The maximum absolute atomic E-state index is 4.08. The van der Waals surface area contributed by atoms with Crippen LogP contribution < -0.4 is 0 Å². The molecule has 0 unspecified atom stereocenters. The van der Waals surface area contributed by atoms with Gasteiger partial charge >= 0.3 is 0 Å². The van der Waals surface area contributed by atoms with E-state index in [1.807, 2.05) is 0 Å². The van der Waals surface area contributed by atoms with Crippen molar-refractivity contribution in [2.75, 3.05) is 0 Å². The van der Waals surface area contributed by atoms with Crippen LogP contribution in [-0.2, 0) is 6.42 Å². The maximum Gasteiger partial charge on any atom is 0.183 e. The molecular weight excluding hydrogens is 284 g/mol. The minimum absolute atomic E-state index is 0.795. The Labute approximate surface area is 97.7 Å². The van der Waals surface area contributed by atoms with Gasteiger partial charge in [-0.05, 0) is 33.9 Å². The summed E-state index contributed by atoms with van der Waals surface area (Å²) in [5.41, 5.74) is 1.03. The summed E-state index contributed by atoms with van der Waals surface area (Å²) < 4.78 is 4.74. The van der Waals surface area contributed by atoms with Gasteiger partial charge < -0.3 is 0 Å². The topological polar surface area (TPSA) is 51.6 Å². The number of hydrogen-bond donors (Lipinski definition) is 0. The highest BCUT2D eigenvalue weighted by atomic mass is 79.9. The van der Waals surface area contributed by atoms with Gasteiger partial charge in [-0.15, -0.1) is 15.3 Å². The third-order valence-corrected chi connectivity index (χ3v) is 3.91. The lowest BCUT2D eigenvalue weighted by Crippen LogP contribution is -1.86. The third kappa shape index (κ3) is 1.99. The average Bonchev–Trinajstić information content (AvgIpc) is 2.74. The van der Waals surface area contributed by atoms with Gasteiger partial charge in [0.25, 0.3) is 0 Å². The zero-order valence-corrected chi connectivity index (χ0v) is 10.6. The molecule has 0 aliphatic rings. The lowest BCUT2D eigenvalue weighted by atomic mass is 10.2. The summed E-state index contributed by atoms with van der Waals surface area (Å²) in [5, 5.41) is 12.9. The van der Waals surface area contributed by atoms with E-state index in [1.54, 1.807) is 0 Å². The molecule has 0 spiro atoms. The second-order valence-corrected chi connectivity index (χ2v) is 5.67. The summed E-state index contributed by atoms with van der Waals surface area (Å²) in [6, 6.07) is 0. The first-order valence-electron chi connectivity index (χ1n) is 4.12. The van der Waals surface area contributed by atoms with E-state index in [9.17, 15) is 0 Å². The Kier molecular flexibility index (Phi) is 3.19. The van der Waals surface area contributed by atoms with Gasteiger partial charge in [0.05, 0.1) is 5.69 Å². The molecular formula is C7H7BrN4S2. The lowest BCUT2D eigenvalue weighted by molar-refractivity contribution is 0.870. The van der Waals surface area contributed by atoms with Crippen molar-refractivity contribution in [3.05, 3.63) is 9.61 Å². The van der Waals surface area contributed by atoms with Crippen LogP contribution >= 0.6 is 38.8 Å². The molecule has 0 amide bonds. The molecule has 2 heterocycles. The predicted molar refractivity (Wildman–Crippen MR) is 60.5 cm³/mol. The molecule has 0 saturated heterocycles. The predicted octanol–water partition coefficient (Wildman–Crippen LogP) is 2.77. The van der Waals surface area contributed by atoms with Gasteiger partial charge in [-0.25, -0.2) is 0 Å². The first kappa shape index (κ1) is 10.1. The van der Waals surface area contributed by atoms with E-state index in [0.29, 0.717) is 0 Å². The van der Waals surface area contributed by atoms with Crippen molar-refractivity contribution in [2.45, 2.75) is 19.8 Å². The van der Waals surface area contributed by atoms with Crippen molar-refractivity contribution in [1.29, 1.82) is 0 Å². The van der Waals surface area contributed by atoms with E-state index in [0.717, 1.165) is 32.3 Å². The molecule has 4 nitrogen and oxygen atoms in total. The molecule has 0 radical (unpaired) electrons.